The molecule has 1 aliphatic carbocycles. The molecule has 90 valence electrons. The van der Waals surface area contributed by atoms with Crippen LogP contribution in [0.15, 0.2) is 24.3 Å². The number of nitrogens with one attached hydrogen (secondary N) is 1. The Morgan fingerprint density at radius 3 is 2.82 bits per heavy atom. The maximum atomic E-state index is 13.2. The van der Waals surface area contributed by atoms with E-state index in [9.17, 15) is 13.6 Å². The number of aromatic nitrogens is 1. The van der Waals surface area contributed by atoms with Gasteiger partial charge in [0, 0.05) is 5.92 Å². The van der Waals surface area contributed by atoms with Crippen molar-refractivity contribution in [3.63, 3.8) is 0 Å². The molecule has 1 unspecified atom stereocenters. The van der Waals surface area contributed by atoms with Gasteiger partial charge in [-0.1, -0.05) is 12.2 Å². The summed E-state index contributed by atoms with van der Waals surface area (Å²) in [6, 6.07) is 2.19. The Morgan fingerprint density at radius 1 is 1.35 bits per heavy atom. The highest BCUT2D eigenvalue weighted by molar-refractivity contribution is 5.92. The number of allylic oxidation sites excluding steroid dienone is 2. The number of nitrogens with zero attached hydrogens (tertiary/aromatic N) is 1. The summed E-state index contributed by atoms with van der Waals surface area (Å²) in [6.45, 7) is 0. The van der Waals surface area contributed by atoms with Crippen LogP contribution < -0.4 is 5.32 Å². The Bertz CT molecular complexity index is 460. The van der Waals surface area contributed by atoms with Gasteiger partial charge in [0.2, 0.25) is 17.8 Å². The van der Waals surface area contributed by atoms with Crippen molar-refractivity contribution in [1.29, 1.82) is 0 Å². The Hall–Kier alpha value is -1.78. The number of hydrogen-bond donors (Lipinski definition) is 1. The van der Waals surface area contributed by atoms with Crippen molar-refractivity contribution in [3.05, 3.63) is 36.2 Å². The van der Waals surface area contributed by atoms with Crippen molar-refractivity contribution >= 4 is 11.6 Å². The quantitative estimate of drug-likeness (QED) is 0.635. The van der Waals surface area contributed by atoms with E-state index in [4.69, 9.17) is 0 Å². The molecular formula is C12H12F2N2O. The summed E-state index contributed by atoms with van der Waals surface area (Å²) in [5.41, 5.74) is -0.0778. The molecule has 0 saturated carbocycles. The molecule has 1 amide bonds. The fourth-order valence-electron chi connectivity index (χ4n) is 1.77. The lowest BCUT2D eigenvalue weighted by Crippen LogP contribution is -2.24. The van der Waals surface area contributed by atoms with Crippen LogP contribution in [0, 0.1) is 17.8 Å². The van der Waals surface area contributed by atoms with Crippen molar-refractivity contribution in [2.45, 2.75) is 19.3 Å². The lowest BCUT2D eigenvalue weighted by Gasteiger charge is -2.17. The van der Waals surface area contributed by atoms with Crippen molar-refractivity contribution in [1.82, 2.24) is 4.98 Å². The lowest BCUT2D eigenvalue weighted by atomic mass is 9.93. The summed E-state index contributed by atoms with van der Waals surface area (Å²) in [6.07, 6.45) is 6.21. The monoisotopic (exact) mass is 238 g/mol. The fourth-order valence-corrected chi connectivity index (χ4v) is 1.77. The highest BCUT2D eigenvalue weighted by atomic mass is 19.1. The van der Waals surface area contributed by atoms with Gasteiger partial charge in [-0.3, -0.25) is 4.79 Å². The number of amides is 1. The molecule has 0 saturated heterocycles. The standard InChI is InChI=1S/C12H12F2N2O/c13-10-7-6-9(11(14)16-10)15-12(17)8-4-2-1-3-5-8/h1-2,6-8H,3-5H2,(H,15,17). The van der Waals surface area contributed by atoms with E-state index in [2.05, 4.69) is 10.3 Å². The maximum Gasteiger partial charge on any atom is 0.239 e. The second-order valence-electron chi connectivity index (χ2n) is 3.94. The minimum atomic E-state index is -0.996. The first kappa shape index (κ1) is 11.7. The zero-order valence-corrected chi connectivity index (χ0v) is 9.12. The van der Waals surface area contributed by atoms with E-state index in [1.165, 1.54) is 6.07 Å². The van der Waals surface area contributed by atoms with Gasteiger partial charge < -0.3 is 5.32 Å². The van der Waals surface area contributed by atoms with Crippen molar-refractivity contribution < 1.29 is 13.6 Å². The highest BCUT2D eigenvalue weighted by Gasteiger charge is 2.20. The van der Waals surface area contributed by atoms with Crippen LogP contribution in [0.3, 0.4) is 0 Å². The van der Waals surface area contributed by atoms with Crippen LogP contribution in [-0.2, 0) is 4.79 Å². The molecule has 3 nitrogen and oxygen atoms in total. The molecule has 0 aliphatic heterocycles. The zero-order chi connectivity index (χ0) is 12.3. The first-order chi connectivity index (χ1) is 8.16. The summed E-state index contributed by atoms with van der Waals surface area (Å²) in [5, 5.41) is 2.43. The Labute approximate surface area is 97.6 Å². The molecule has 5 heteroatoms. The predicted molar refractivity (Wildman–Crippen MR) is 59.3 cm³/mol. The SMILES string of the molecule is O=C(Nc1ccc(F)nc1F)C1CC=CCC1. The Morgan fingerprint density at radius 2 is 2.18 bits per heavy atom. The molecule has 1 aromatic heterocycles. The van der Waals surface area contributed by atoms with E-state index in [-0.39, 0.29) is 17.5 Å². The first-order valence-corrected chi connectivity index (χ1v) is 5.44. The number of halogens is 2. The van der Waals surface area contributed by atoms with Crippen LogP contribution in [0.5, 0.6) is 0 Å². The zero-order valence-electron chi connectivity index (χ0n) is 9.12. The van der Waals surface area contributed by atoms with Gasteiger partial charge in [0.05, 0.1) is 5.69 Å². The largest absolute Gasteiger partial charge is 0.322 e. The number of pyridine rings is 1. The molecule has 1 atom stereocenters. The fraction of sp³-hybridized carbons (Fsp3) is 0.333. The van der Waals surface area contributed by atoms with Gasteiger partial charge in [0.25, 0.3) is 0 Å². The summed E-state index contributed by atoms with van der Waals surface area (Å²) < 4.78 is 25.8. The average Bonchev–Trinajstić information content (AvgIpc) is 2.34. The third-order valence-electron chi connectivity index (χ3n) is 2.71. The number of carbonyl (C=O) groups is 1. The smallest absolute Gasteiger partial charge is 0.239 e. The Balaban J connectivity index is 2.05. The van der Waals surface area contributed by atoms with Crippen LogP contribution in [-0.4, -0.2) is 10.9 Å². The lowest BCUT2D eigenvalue weighted by molar-refractivity contribution is -0.120. The maximum absolute atomic E-state index is 13.2. The van der Waals surface area contributed by atoms with Crippen LogP contribution in [0.2, 0.25) is 0 Å². The predicted octanol–water partition coefficient (Wildman–Crippen LogP) is 2.65. The summed E-state index contributed by atoms with van der Waals surface area (Å²) >= 11 is 0. The van der Waals surface area contributed by atoms with Crippen LogP contribution in [0.25, 0.3) is 0 Å². The van der Waals surface area contributed by atoms with Gasteiger partial charge >= 0.3 is 0 Å². The van der Waals surface area contributed by atoms with E-state index in [0.29, 0.717) is 6.42 Å². The molecule has 1 aliphatic rings. The van der Waals surface area contributed by atoms with Gasteiger partial charge in [-0.25, -0.2) is 0 Å². The normalized spacial score (nSPS) is 19.1. The van der Waals surface area contributed by atoms with Gasteiger partial charge in [-0.15, -0.1) is 0 Å². The van der Waals surface area contributed by atoms with Gasteiger partial charge in [-0.2, -0.15) is 13.8 Å². The van der Waals surface area contributed by atoms with E-state index in [0.717, 1.165) is 18.9 Å². The van der Waals surface area contributed by atoms with Gasteiger partial charge in [-0.05, 0) is 31.4 Å². The topological polar surface area (TPSA) is 42.0 Å². The van der Waals surface area contributed by atoms with Crippen molar-refractivity contribution in [3.8, 4) is 0 Å². The third-order valence-corrected chi connectivity index (χ3v) is 2.71. The summed E-state index contributed by atoms with van der Waals surface area (Å²) in [5.74, 6) is -2.29. The summed E-state index contributed by atoms with van der Waals surface area (Å²) in [4.78, 5) is 14.8. The molecule has 1 N–H and O–H groups in total. The minimum Gasteiger partial charge on any atom is -0.322 e. The minimum absolute atomic E-state index is 0.0778. The van der Waals surface area contributed by atoms with E-state index < -0.39 is 11.9 Å². The van der Waals surface area contributed by atoms with Crippen molar-refractivity contribution in [2.75, 3.05) is 5.32 Å². The number of hydrogen-bond acceptors (Lipinski definition) is 2. The molecule has 0 aromatic carbocycles. The van der Waals surface area contributed by atoms with Gasteiger partial charge in [0.15, 0.2) is 0 Å². The molecule has 0 spiro atoms. The third kappa shape index (κ3) is 2.87. The first-order valence-electron chi connectivity index (χ1n) is 5.44. The molecule has 0 radical (unpaired) electrons. The molecule has 0 fully saturated rings. The van der Waals surface area contributed by atoms with Crippen LogP contribution in [0.1, 0.15) is 19.3 Å². The van der Waals surface area contributed by atoms with Gasteiger partial charge in [0.1, 0.15) is 0 Å². The highest BCUT2D eigenvalue weighted by Crippen LogP contribution is 2.21. The number of carbonyl (C=O) groups excluding carboxylic acids is 1. The number of rotatable bonds is 2. The molecule has 17 heavy (non-hydrogen) atoms. The van der Waals surface area contributed by atoms with E-state index in [1.807, 2.05) is 12.2 Å². The molecule has 1 heterocycles. The van der Waals surface area contributed by atoms with E-state index >= 15 is 0 Å². The second-order valence-corrected chi connectivity index (χ2v) is 3.94. The molecular weight excluding hydrogens is 226 g/mol. The average molecular weight is 238 g/mol. The van der Waals surface area contributed by atoms with Crippen LogP contribution >= 0.6 is 0 Å². The second kappa shape index (κ2) is 5.03. The number of anilines is 1. The molecule has 0 bridgehead atoms. The van der Waals surface area contributed by atoms with Crippen molar-refractivity contribution in [2.24, 2.45) is 5.92 Å². The molecule has 1 aromatic rings. The van der Waals surface area contributed by atoms with Crippen LogP contribution in [0.4, 0.5) is 14.5 Å². The summed E-state index contributed by atoms with van der Waals surface area (Å²) in [7, 11) is 0. The van der Waals surface area contributed by atoms with E-state index in [1.54, 1.807) is 0 Å². The molecule has 2 rings (SSSR count). The Kier molecular flexibility index (Phi) is 3.46.